The van der Waals surface area contributed by atoms with Crippen molar-refractivity contribution in [2.45, 2.75) is 6.18 Å². The minimum absolute atomic E-state index is 0.262. The molecule has 1 N–H and O–H groups in total. The van der Waals surface area contributed by atoms with Crippen LogP contribution in [0.2, 0.25) is 0 Å². The minimum atomic E-state index is -4.40. The Balaban J connectivity index is 1.54. The molecule has 0 aromatic carbocycles. The number of urea groups is 1. The number of amides is 2. The maximum absolute atomic E-state index is 12.6. The van der Waals surface area contributed by atoms with Gasteiger partial charge in [-0.05, 0) is 18.2 Å². The van der Waals surface area contributed by atoms with E-state index >= 15 is 0 Å². The van der Waals surface area contributed by atoms with Gasteiger partial charge in [0.25, 0.3) is 0 Å². The molecule has 7 nitrogen and oxygen atoms in total. The molecule has 3 heterocycles. The molecule has 0 saturated carbocycles. The monoisotopic (exact) mass is 381 g/mol. The summed E-state index contributed by atoms with van der Waals surface area (Å²) in [6.45, 7) is 1.82. The number of nitrogens with zero attached hydrogens (tertiary/aromatic N) is 4. The highest BCUT2D eigenvalue weighted by molar-refractivity contribution is 5.89. The molecule has 0 bridgehead atoms. The van der Waals surface area contributed by atoms with Gasteiger partial charge in [-0.25, -0.2) is 14.8 Å². The van der Waals surface area contributed by atoms with Gasteiger partial charge in [0.2, 0.25) is 5.88 Å². The van der Waals surface area contributed by atoms with Crippen molar-refractivity contribution in [3.05, 3.63) is 42.2 Å². The molecule has 0 atom stereocenters. The standard InChI is InChI=1S/C17H18F3N5O2/c1-27-15-5-3-13(11-22-15)23-16(26)25-8-6-24(7-9-25)14-4-2-12(10-21-14)17(18,19)20/h2-5,10-11H,6-9H2,1H3,(H,23,26). The zero-order valence-electron chi connectivity index (χ0n) is 14.5. The second kappa shape index (κ2) is 7.68. The van der Waals surface area contributed by atoms with Gasteiger partial charge in [-0.1, -0.05) is 0 Å². The lowest BCUT2D eigenvalue weighted by atomic mass is 10.2. The molecule has 1 fully saturated rings. The third kappa shape index (κ3) is 4.57. The molecule has 0 unspecified atom stereocenters. The van der Waals surface area contributed by atoms with Gasteiger partial charge >= 0.3 is 12.2 Å². The first-order chi connectivity index (χ1) is 12.9. The minimum Gasteiger partial charge on any atom is -0.481 e. The fourth-order valence-electron chi connectivity index (χ4n) is 2.66. The van der Waals surface area contributed by atoms with E-state index in [0.717, 1.165) is 12.3 Å². The van der Waals surface area contributed by atoms with Crippen molar-refractivity contribution in [2.75, 3.05) is 43.5 Å². The van der Waals surface area contributed by atoms with Crippen molar-refractivity contribution >= 4 is 17.5 Å². The van der Waals surface area contributed by atoms with Crippen LogP contribution in [0, 0.1) is 0 Å². The number of carbonyl (C=O) groups excluding carboxylic acids is 1. The summed E-state index contributed by atoms with van der Waals surface area (Å²) in [6.07, 6.45) is -2.08. The highest BCUT2D eigenvalue weighted by atomic mass is 19.4. The number of halogens is 3. The third-order valence-electron chi connectivity index (χ3n) is 4.16. The molecular weight excluding hydrogens is 363 g/mol. The van der Waals surface area contributed by atoms with E-state index in [1.165, 1.54) is 19.4 Å². The molecule has 3 rings (SSSR count). The van der Waals surface area contributed by atoms with Crippen LogP contribution in [0.15, 0.2) is 36.7 Å². The second-order valence-electron chi connectivity index (χ2n) is 5.90. The molecule has 2 aromatic rings. The summed E-state index contributed by atoms with van der Waals surface area (Å²) < 4.78 is 42.8. The van der Waals surface area contributed by atoms with Crippen molar-refractivity contribution in [3.63, 3.8) is 0 Å². The van der Waals surface area contributed by atoms with Gasteiger partial charge < -0.3 is 19.9 Å². The number of aromatic nitrogens is 2. The predicted molar refractivity (Wildman–Crippen MR) is 92.8 cm³/mol. The van der Waals surface area contributed by atoms with E-state index in [4.69, 9.17) is 4.74 Å². The third-order valence-corrected chi connectivity index (χ3v) is 4.16. The van der Waals surface area contributed by atoms with Crippen LogP contribution in [0.25, 0.3) is 0 Å². The van der Waals surface area contributed by atoms with Crippen molar-refractivity contribution in [2.24, 2.45) is 0 Å². The topological polar surface area (TPSA) is 70.6 Å². The smallest absolute Gasteiger partial charge is 0.417 e. The van der Waals surface area contributed by atoms with Crippen LogP contribution >= 0.6 is 0 Å². The van der Waals surface area contributed by atoms with E-state index in [1.54, 1.807) is 17.0 Å². The number of rotatable bonds is 3. The number of nitrogens with one attached hydrogen (secondary N) is 1. The number of carbonyl (C=O) groups is 1. The average Bonchev–Trinajstić information content (AvgIpc) is 2.68. The molecule has 1 saturated heterocycles. The Morgan fingerprint density at radius 2 is 1.81 bits per heavy atom. The van der Waals surface area contributed by atoms with Crippen LogP contribution in [-0.2, 0) is 6.18 Å². The van der Waals surface area contributed by atoms with Crippen LogP contribution in [0.3, 0.4) is 0 Å². The Kier molecular flexibility index (Phi) is 5.33. The summed E-state index contributed by atoms with van der Waals surface area (Å²) in [4.78, 5) is 23.7. The van der Waals surface area contributed by atoms with Crippen LogP contribution in [0.5, 0.6) is 5.88 Å². The number of alkyl halides is 3. The molecule has 1 aliphatic heterocycles. The van der Waals surface area contributed by atoms with Gasteiger partial charge in [0.1, 0.15) is 5.82 Å². The predicted octanol–water partition coefficient (Wildman–Crippen LogP) is 2.86. The van der Waals surface area contributed by atoms with Crippen molar-refractivity contribution in [1.29, 1.82) is 0 Å². The summed E-state index contributed by atoms with van der Waals surface area (Å²) in [5, 5.41) is 2.75. The van der Waals surface area contributed by atoms with E-state index in [1.807, 2.05) is 4.90 Å². The Bertz CT molecular complexity index is 773. The average molecular weight is 381 g/mol. The lowest BCUT2D eigenvalue weighted by Gasteiger charge is -2.35. The summed E-state index contributed by atoms with van der Waals surface area (Å²) in [7, 11) is 1.51. The number of anilines is 2. The highest BCUT2D eigenvalue weighted by Crippen LogP contribution is 2.29. The summed E-state index contributed by atoms with van der Waals surface area (Å²) in [6, 6.07) is 5.43. The van der Waals surface area contributed by atoms with Crippen molar-refractivity contribution in [1.82, 2.24) is 14.9 Å². The van der Waals surface area contributed by atoms with Crippen molar-refractivity contribution < 1.29 is 22.7 Å². The van der Waals surface area contributed by atoms with Gasteiger partial charge in [0.05, 0.1) is 24.6 Å². The van der Waals surface area contributed by atoms with Crippen LogP contribution in [0.1, 0.15) is 5.56 Å². The van der Waals surface area contributed by atoms with Crippen molar-refractivity contribution in [3.8, 4) is 5.88 Å². The first-order valence-electron chi connectivity index (χ1n) is 8.21. The van der Waals surface area contributed by atoms with Gasteiger partial charge in [-0.3, -0.25) is 0 Å². The van der Waals surface area contributed by atoms with E-state index in [-0.39, 0.29) is 6.03 Å². The van der Waals surface area contributed by atoms with Gasteiger partial charge in [-0.2, -0.15) is 13.2 Å². The molecule has 27 heavy (non-hydrogen) atoms. The lowest BCUT2D eigenvalue weighted by molar-refractivity contribution is -0.137. The number of methoxy groups -OCH3 is 1. The number of pyridine rings is 2. The summed E-state index contributed by atoms with van der Waals surface area (Å²) in [5.74, 6) is 0.910. The second-order valence-corrected chi connectivity index (χ2v) is 5.90. The Morgan fingerprint density at radius 3 is 2.33 bits per heavy atom. The molecule has 2 aromatic heterocycles. The van der Waals surface area contributed by atoms with Crippen LogP contribution in [-0.4, -0.2) is 54.2 Å². The molecule has 0 aliphatic carbocycles. The SMILES string of the molecule is COc1ccc(NC(=O)N2CCN(c3ccc(C(F)(F)F)cn3)CC2)cn1. The lowest BCUT2D eigenvalue weighted by Crippen LogP contribution is -2.50. The highest BCUT2D eigenvalue weighted by Gasteiger charge is 2.31. The largest absolute Gasteiger partial charge is 0.481 e. The summed E-state index contributed by atoms with van der Waals surface area (Å²) in [5.41, 5.74) is -0.231. The molecule has 144 valence electrons. The van der Waals surface area contributed by atoms with E-state index < -0.39 is 11.7 Å². The number of hydrogen-bond acceptors (Lipinski definition) is 5. The number of piperazine rings is 1. The fraction of sp³-hybridized carbons (Fsp3) is 0.353. The van der Waals surface area contributed by atoms with Gasteiger partial charge in [-0.15, -0.1) is 0 Å². The summed E-state index contributed by atoms with van der Waals surface area (Å²) >= 11 is 0. The quantitative estimate of drug-likeness (QED) is 0.885. The zero-order chi connectivity index (χ0) is 19.4. The Morgan fingerprint density at radius 1 is 1.07 bits per heavy atom. The first kappa shape index (κ1) is 18.7. The van der Waals surface area contributed by atoms with E-state index in [0.29, 0.717) is 43.6 Å². The normalized spacial score (nSPS) is 14.8. The Hall–Kier alpha value is -3.04. The van der Waals surface area contributed by atoms with Gasteiger partial charge in [0.15, 0.2) is 0 Å². The molecule has 0 spiro atoms. The molecule has 0 radical (unpaired) electrons. The number of ether oxygens (including phenoxy) is 1. The van der Waals surface area contributed by atoms with E-state index in [2.05, 4.69) is 15.3 Å². The maximum Gasteiger partial charge on any atom is 0.417 e. The number of hydrogen-bond donors (Lipinski definition) is 1. The Labute approximate surface area is 153 Å². The molecular formula is C17H18F3N5O2. The molecule has 2 amide bonds. The van der Waals surface area contributed by atoms with E-state index in [9.17, 15) is 18.0 Å². The molecule has 10 heteroatoms. The zero-order valence-corrected chi connectivity index (χ0v) is 14.5. The molecule has 1 aliphatic rings. The van der Waals surface area contributed by atoms with Crippen LogP contribution in [0.4, 0.5) is 29.5 Å². The first-order valence-corrected chi connectivity index (χ1v) is 8.21. The van der Waals surface area contributed by atoms with Gasteiger partial charge in [0, 0.05) is 38.4 Å². The maximum atomic E-state index is 12.6. The fourth-order valence-corrected chi connectivity index (χ4v) is 2.66. The van der Waals surface area contributed by atoms with Crippen LogP contribution < -0.4 is 15.0 Å².